The van der Waals surface area contributed by atoms with E-state index in [0.29, 0.717) is 0 Å². The molecule has 1 N–H and O–H groups in total. The van der Waals surface area contributed by atoms with Gasteiger partial charge in [-0.2, -0.15) is 5.26 Å². The van der Waals surface area contributed by atoms with Crippen molar-refractivity contribution in [2.24, 2.45) is 0 Å². The van der Waals surface area contributed by atoms with Crippen LogP contribution in [0.2, 0.25) is 0 Å². The Balaban J connectivity index is 2.71. The summed E-state index contributed by atoms with van der Waals surface area (Å²) in [6.07, 6.45) is 1.35. The molecule has 0 aromatic heterocycles. The van der Waals surface area contributed by atoms with Gasteiger partial charge in [0.05, 0.1) is 6.61 Å². The molecule has 0 fully saturated rings. The molecule has 1 rings (SSSR count). The van der Waals surface area contributed by atoms with Crippen molar-refractivity contribution >= 4 is 34.2 Å². The zero-order valence-corrected chi connectivity index (χ0v) is 11.4. The maximum Gasteiger partial charge on any atom is 0.350 e. The first-order chi connectivity index (χ1) is 8.17. The minimum atomic E-state index is -0.618. The highest BCUT2D eigenvalue weighted by molar-refractivity contribution is 14.1. The number of ether oxygens (including phenoxy) is 1. The molecule has 0 aliphatic heterocycles. The average Bonchev–Trinajstić information content (AvgIpc) is 2.32. The van der Waals surface area contributed by atoms with Crippen molar-refractivity contribution in [1.29, 1.82) is 5.26 Å². The zero-order chi connectivity index (χ0) is 12.7. The molecule has 0 saturated heterocycles. The van der Waals surface area contributed by atoms with Crippen molar-refractivity contribution in [3.05, 3.63) is 39.6 Å². The third kappa shape index (κ3) is 4.44. The Morgan fingerprint density at radius 2 is 2.18 bits per heavy atom. The molecule has 0 bridgehead atoms. The van der Waals surface area contributed by atoms with Crippen LogP contribution in [0.15, 0.2) is 36.0 Å². The second kappa shape index (κ2) is 6.91. The van der Waals surface area contributed by atoms with Gasteiger partial charge in [-0.05, 0) is 53.8 Å². The Morgan fingerprint density at radius 1 is 1.53 bits per heavy atom. The van der Waals surface area contributed by atoms with Crippen LogP contribution in [0.5, 0.6) is 0 Å². The fourth-order valence-electron chi connectivity index (χ4n) is 1.05. The lowest BCUT2D eigenvalue weighted by Gasteiger charge is -2.02. The van der Waals surface area contributed by atoms with E-state index < -0.39 is 5.97 Å². The number of anilines is 1. The van der Waals surface area contributed by atoms with Crippen LogP contribution < -0.4 is 5.32 Å². The quantitative estimate of drug-likeness (QED) is 0.396. The lowest BCUT2D eigenvalue weighted by atomic mass is 10.3. The van der Waals surface area contributed by atoms with Crippen LogP contribution in [0.25, 0.3) is 0 Å². The van der Waals surface area contributed by atoms with Crippen molar-refractivity contribution < 1.29 is 9.53 Å². The monoisotopic (exact) mass is 342 g/mol. The number of carbonyl (C=O) groups excluding carboxylic acids is 1. The number of nitrogens with zero attached hydrogens (tertiary/aromatic N) is 1. The van der Waals surface area contributed by atoms with Gasteiger partial charge < -0.3 is 10.1 Å². The fraction of sp³-hybridized carbons (Fsp3) is 0.167. The number of halogens is 1. The molecule has 0 saturated carbocycles. The first kappa shape index (κ1) is 13.5. The molecule has 0 heterocycles. The van der Waals surface area contributed by atoms with Gasteiger partial charge >= 0.3 is 5.97 Å². The Labute approximate surface area is 113 Å². The van der Waals surface area contributed by atoms with E-state index in [1.807, 2.05) is 24.3 Å². The third-order valence-electron chi connectivity index (χ3n) is 1.84. The van der Waals surface area contributed by atoms with Crippen LogP contribution in [0.1, 0.15) is 6.92 Å². The van der Waals surface area contributed by atoms with Crippen molar-refractivity contribution in [2.45, 2.75) is 6.92 Å². The molecule has 1 aromatic rings. The summed E-state index contributed by atoms with van der Waals surface area (Å²) in [7, 11) is 0. The Hall–Kier alpha value is -1.55. The standard InChI is InChI=1S/C12H11IN2O2/c1-2-17-12(16)9(7-14)8-15-11-5-3-10(13)4-6-11/h3-6,8,15H,2H2,1H3. The van der Waals surface area contributed by atoms with Gasteiger partial charge in [0.1, 0.15) is 6.07 Å². The van der Waals surface area contributed by atoms with Gasteiger partial charge in [-0.3, -0.25) is 0 Å². The van der Waals surface area contributed by atoms with E-state index >= 15 is 0 Å². The van der Waals surface area contributed by atoms with E-state index in [2.05, 4.69) is 27.9 Å². The number of benzene rings is 1. The highest BCUT2D eigenvalue weighted by Gasteiger charge is 2.08. The predicted molar refractivity (Wildman–Crippen MR) is 73.1 cm³/mol. The zero-order valence-electron chi connectivity index (χ0n) is 9.24. The first-order valence-electron chi connectivity index (χ1n) is 4.97. The van der Waals surface area contributed by atoms with Gasteiger partial charge in [0.25, 0.3) is 0 Å². The van der Waals surface area contributed by atoms with Crippen molar-refractivity contribution in [3.8, 4) is 6.07 Å². The smallest absolute Gasteiger partial charge is 0.350 e. The lowest BCUT2D eigenvalue weighted by Crippen LogP contribution is -2.07. The normalized spacial score (nSPS) is 10.5. The van der Waals surface area contributed by atoms with Crippen molar-refractivity contribution in [1.82, 2.24) is 0 Å². The molecule has 5 heteroatoms. The van der Waals surface area contributed by atoms with E-state index in [4.69, 9.17) is 10.00 Å². The molecule has 0 aliphatic carbocycles. The van der Waals surface area contributed by atoms with Crippen LogP contribution in [-0.2, 0) is 9.53 Å². The number of hydrogen-bond acceptors (Lipinski definition) is 4. The number of carbonyl (C=O) groups is 1. The largest absolute Gasteiger partial charge is 0.462 e. The van der Waals surface area contributed by atoms with Gasteiger partial charge in [0, 0.05) is 15.5 Å². The number of hydrogen-bond donors (Lipinski definition) is 1. The summed E-state index contributed by atoms with van der Waals surface area (Å²) in [5.41, 5.74) is 0.757. The summed E-state index contributed by atoms with van der Waals surface area (Å²) in [4.78, 5) is 11.3. The molecular weight excluding hydrogens is 331 g/mol. The summed E-state index contributed by atoms with van der Waals surface area (Å²) in [6.45, 7) is 1.95. The Bertz CT molecular complexity index is 460. The molecule has 88 valence electrons. The molecule has 0 amide bonds. The molecule has 0 spiro atoms. The lowest BCUT2D eigenvalue weighted by molar-refractivity contribution is -0.138. The van der Waals surface area contributed by atoms with Crippen LogP contribution in [0, 0.1) is 14.9 Å². The number of nitriles is 1. The molecule has 0 atom stereocenters. The molecule has 17 heavy (non-hydrogen) atoms. The second-order valence-corrected chi connectivity index (χ2v) is 4.29. The topological polar surface area (TPSA) is 62.1 Å². The molecule has 0 aliphatic rings. The van der Waals surface area contributed by atoms with Crippen LogP contribution in [0.3, 0.4) is 0 Å². The summed E-state index contributed by atoms with van der Waals surface area (Å²) >= 11 is 2.20. The van der Waals surface area contributed by atoms with E-state index in [0.717, 1.165) is 9.26 Å². The number of esters is 1. The SMILES string of the molecule is CCOC(=O)C(C#N)=CNc1ccc(I)cc1. The van der Waals surface area contributed by atoms with Gasteiger partial charge in [0.15, 0.2) is 5.57 Å². The van der Waals surface area contributed by atoms with Gasteiger partial charge in [-0.1, -0.05) is 0 Å². The molecule has 0 radical (unpaired) electrons. The molecule has 1 aromatic carbocycles. The maximum atomic E-state index is 11.3. The summed E-state index contributed by atoms with van der Waals surface area (Å²) in [5.74, 6) is -0.618. The first-order valence-corrected chi connectivity index (χ1v) is 6.04. The van der Waals surface area contributed by atoms with Crippen LogP contribution in [-0.4, -0.2) is 12.6 Å². The summed E-state index contributed by atoms with van der Waals surface area (Å²) in [5, 5.41) is 11.7. The predicted octanol–water partition coefficient (Wildman–Crippen LogP) is 2.67. The van der Waals surface area contributed by atoms with E-state index in [9.17, 15) is 4.79 Å². The molecule has 0 unspecified atom stereocenters. The van der Waals surface area contributed by atoms with Gasteiger partial charge in [-0.15, -0.1) is 0 Å². The number of nitrogens with one attached hydrogen (secondary N) is 1. The Morgan fingerprint density at radius 3 is 2.71 bits per heavy atom. The molecule has 4 nitrogen and oxygen atoms in total. The number of rotatable bonds is 4. The highest BCUT2D eigenvalue weighted by Crippen LogP contribution is 2.11. The van der Waals surface area contributed by atoms with E-state index in [1.165, 1.54) is 6.20 Å². The minimum Gasteiger partial charge on any atom is -0.462 e. The summed E-state index contributed by atoms with van der Waals surface area (Å²) < 4.78 is 5.85. The van der Waals surface area contributed by atoms with Crippen molar-refractivity contribution in [3.63, 3.8) is 0 Å². The van der Waals surface area contributed by atoms with Gasteiger partial charge in [0.2, 0.25) is 0 Å². The minimum absolute atomic E-state index is 0.0506. The van der Waals surface area contributed by atoms with Crippen LogP contribution in [0.4, 0.5) is 5.69 Å². The van der Waals surface area contributed by atoms with E-state index in [-0.39, 0.29) is 12.2 Å². The Kier molecular flexibility index (Phi) is 5.49. The van der Waals surface area contributed by atoms with Crippen molar-refractivity contribution in [2.75, 3.05) is 11.9 Å². The summed E-state index contributed by atoms with van der Waals surface area (Å²) in [6, 6.07) is 9.36. The maximum absolute atomic E-state index is 11.3. The van der Waals surface area contributed by atoms with Gasteiger partial charge in [-0.25, -0.2) is 4.79 Å². The average molecular weight is 342 g/mol. The third-order valence-corrected chi connectivity index (χ3v) is 2.56. The molecular formula is C12H11IN2O2. The highest BCUT2D eigenvalue weighted by atomic mass is 127. The fourth-order valence-corrected chi connectivity index (χ4v) is 1.41. The second-order valence-electron chi connectivity index (χ2n) is 3.04. The van der Waals surface area contributed by atoms with Crippen LogP contribution >= 0.6 is 22.6 Å². The van der Waals surface area contributed by atoms with E-state index in [1.54, 1.807) is 13.0 Å².